The van der Waals surface area contributed by atoms with Crippen LogP contribution in [0.25, 0.3) is 0 Å². The van der Waals surface area contributed by atoms with E-state index < -0.39 is 53.7 Å². The third-order valence-electron chi connectivity index (χ3n) is 10.0. The zero-order valence-electron chi connectivity index (χ0n) is 28.7. The van der Waals surface area contributed by atoms with Crippen LogP contribution in [0.3, 0.4) is 0 Å². The summed E-state index contributed by atoms with van der Waals surface area (Å²) in [4.78, 5) is 59.2. The average Bonchev–Trinajstić information content (AvgIpc) is 3.65. The van der Waals surface area contributed by atoms with Gasteiger partial charge in [0.1, 0.15) is 17.7 Å². The molecule has 0 aromatic heterocycles. The number of hydrogen-bond donors (Lipinski definition) is 2. The van der Waals surface area contributed by atoms with Crippen molar-refractivity contribution in [2.75, 3.05) is 19.7 Å². The lowest BCUT2D eigenvalue weighted by Crippen LogP contribution is -2.60. The van der Waals surface area contributed by atoms with Gasteiger partial charge in [-0.3, -0.25) is 19.2 Å². The van der Waals surface area contributed by atoms with Crippen LogP contribution in [0.5, 0.6) is 0 Å². The molecule has 11 heteroatoms. The number of rotatable bonds is 18. The molecule has 3 aliphatic heterocycles. The molecule has 0 saturated carbocycles. The second-order valence-corrected chi connectivity index (χ2v) is 14.8. The lowest BCUT2D eigenvalue weighted by molar-refractivity contribution is -0.162. The van der Waals surface area contributed by atoms with Gasteiger partial charge in [-0.15, -0.1) is 13.2 Å². The zero-order chi connectivity index (χ0) is 35.2. The lowest BCUT2D eigenvalue weighted by atomic mass is 9.70. The number of aliphatic hydroxyl groups is 1. The number of likely N-dealkylation sites (tertiary alicyclic amines) is 1. The summed E-state index contributed by atoms with van der Waals surface area (Å²) in [7, 11) is 0. The van der Waals surface area contributed by atoms with Crippen molar-refractivity contribution in [1.82, 2.24) is 15.1 Å². The minimum Gasteiger partial charge on any atom is -0.455 e. The van der Waals surface area contributed by atoms with Crippen LogP contribution < -0.4 is 5.32 Å². The number of hydrogen-bond acceptors (Lipinski definition) is 7. The van der Waals surface area contributed by atoms with Crippen LogP contribution in [0.1, 0.15) is 77.9 Å². The molecule has 3 heterocycles. The largest absolute Gasteiger partial charge is 0.455 e. The smallest absolute Gasteiger partial charge is 0.313 e. The Kier molecular flexibility index (Phi) is 13.1. The van der Waals surface area contributed by atoms with Gasteiger partial charge >= 0.3 is 5.97 Å². The number of halogens is 1. The fraction of sp³-hybridized carbons (Fsp3) is 0.622. The second kappa shape index (κ2) is 16.6. The molecule has 0 radical (unpaired) electrons. The molecule has 3 saturated heterocycles. The summed E-state index contributed by atoms with van der Waals surface area (Å²) >= 11 is 3.73. The van der Waals surface area contributed by atoms with Crippen LogP contribution >= 0.6 is 15.9 Å². The van der Waals surface area contributed by atoms with Crippen LogP contribution in [0.2, 0.25) is 0 Å². The first-order valence-corrected chi connectivity index (χ1v) is 18.2. The van der Waals surface area contributed by atoms with Gasteiger partial charge in [-0.1, -0.05) is 92.0 Å². The maximum absolute atomic E-state index is 14.6. The van der Waals surface area contributed by atoms with E-state index in [1.54, 1.807) is 24.0 Å². The first-order valence-electron chi connectivity index (χ1n) is 17.3. The molecule has 4 rings (SSSR count). The molecule has 3 aliphatic rings. The van der Waals surface area contributed by atoms with Gasteiger partial charge in [0.25, 0.3) is 0 Å². The first kappa shape index (κ1) is 37.8. The number of fused-ring (bicyclic) bond motifs is 1. The first-order chi connectivity index (χ1) is 23.0. The van der Waals surface area contributed by atoms with Gasteiger partial charge in [-0.05, 0) is 37.7 Å². The van der Waals surface area contributed by atoms with E-state index in [2.05, 4.69) is 41.3 Å². The van der Waals surface area contributed by atoms with Crippen LogP contribution in [-0.4, -0.2) is 93.0 Å². The highest BCUT2D eigenvalue weighted by Gasteiger charge is 2.77. The number of alkyl halides is 1. The molecular weight excluding hydrogens is 678 g/mol. The Labute approximate surface area is 293 Å². The molecule has 1 aromatic rings. The fourth-order valence-electron chi connectivity index (χ4n) is 7.71. The number of amides is 3. The Balaban J connectivity index is 1.72. The monoisotopic (exact) mass is 729 g/mol. The van der Waals surface area contributed by atoms with Crippen molar-refractivity contribution in [2.45, 2.75) is 107 Å². The van der Waals surface area contributed by atoms with E-state index >= 15 is 0 Å². The van der Waals surface area contributed by atoms with Crippen LogP contribution in [0.15, 0.2) is 55.6 Å². The van der Waals surface area contributed by atoms with Crippen LogP contribution in [-0.2, 0) is 28.7 Å². The highest BCUT2D eigenvalue weighted by atomic mass is 79.9. The topological polar surface area (TPSA) is 125 Å². The van der Waals surface area contributed by atoms with Crippen molar-refractivity contribution in [3.8, 4) is 0 Å². The summed E-state index contributed by atoms with van der Waals surface area (Å²) in [5.41, 5.74) is -0.605. The molecule has 2 N–H and O–H groups in total. The van der Waals surface area contributed by atoms with E-state index in [1.165, 1.54) is 4.90 Å². The van der Waals surface area contributed by atoms with Gasteiger partial charge in [-0.25, -0.2) is 0 Å². The number of nitrogens with zero attached hydrogens (tertiary/aromatic N) is 2. The summed E-state index contributed by atoms with van der Waals surface area (Å²) in [5, 5.41) is 13.5. The number of benzene rings is 1. The predicted octanol–water partition coefficient (Wildman–Crippen LogP) is 4.71. The molecule has 0 aliphatic carbocycles. The van der Waals surface area contributed by atoms with E-state index in [-0.39, 0.29) is 41.5 Å². The van der Waals surface area contributed by atoms with Crippen molar-refractivity contribution >= 4 is 39.6 Å². The number of esters is 1. The molecule has 9 atom stereocenters. The van der Waals surface area contributed by atoms with Gasteiger partial charge in [0.05, 0.1) is 36.6 Å². The molecule has 3 amide bonds. The van der Waals surface area contributed by atoms with E-state index in [0.29, 0.717) is 31.5 Å². The lowest BCUT2D eigenvalue weighted by Gasteiger charge is -2.40. The van der Waals surface area contributed by atoms with E-state index in [0.717, 1.165) is 19.3 Å². The summed E-state index contributed by atoms with van der Waals surface area (Å²) in [6.07, 6.45) is 5.62. The average molecular weight is 731 g/mol. The van der Waals surface area contributed by atoms with Gasteiger partial charge in [0.15, 0.2) is 0 Å². The third kappa shape index (κ3) is 7.43. The maximum atomic E-state index is 14.6. The Morgan fingerprint density at radius 1 is 1.19 bits per heavy atom. The molecule has 2 bridgehead atoms. The van der Waals surface area contributed by atoms with E-state index in [4.69, 9.17) is 9.47 Å². The third-order valence-corrected chi connectivity index (χ3v) is 10.9. The number of ether oxygens (including phenoxy) is 2. The standard InChI is InChI=1S/C37H52BrN3O7/c1-7-10-15-20-40(19-9-3)35(45)33-37-21-26(38)32(48-37)29(30(37)34(44)41(33)27(22-42)23(4)5)36(46)47-31(25-16-13-12-14-17-25)24(6)39-28(43)18-11-8-2/h8-9,12-14,16-17,23-24,26-27,29-33,42H,2-3,7,10-11,15,18-22H2,1,4-6H3,(H,39,43)/t24-,26?,27-,29-,30+,31-,32-,33-,37+/m0/s1. The van der Waals surface area contributed by atoms with Gasteiger partial charge < -0.3 is 29.7 Å². The second-order valence-electron chi connectivity index (χ2n) is 13.6. The molecule has 10 nitrogen and oxygen atoms in total. The summed E-state index contributed by atoms with van der Waals surface area (Å²) < 4.78 is 13.0. The quantitative estimate of drug-likeness (QED) is 0.0971. The number of allylic oxidation sites excluding steroid dienone is 1. The van der Waals surface area contributed by atoms with Gasteiger partial charge in [-0.2, -0.15) is 0 Å². The minimum absolute atomic E-state index is 0.173. The summed E-state index contributed by atoms with van der Waals surface area (Å²) in [6.45, 7) is 15.7. The summed E-state index contributed by atoms with van der Waals surface area (Å²) in [6, 6.07) is 6.89. The molecule has 48 heavy (non-hydrogen) atoms. The number of carbonyl (C=O) groups excluding carboxylic acids is 4. The Morgan fingerprint density at radius 2 is 1.90 bits per heavy atom. The maximum Gasteiger partial charge on any atom is 0.313 e. The molecule has 1 aromatic carbocycles. The van der Waals surface area contributed by atoms with E-state index in [1.807, 2.05) is 44.2 Å². The Morgan fingerprint density at radius 3 is 2.50 bits per heavy atom. The molecule has 3 fully saturated rings. The molecule has 264 valence electrons. The Hall–Kier alpha value is -3.02. The highest BCUT2D eigenvalue weighted by Crippen LogP contribution is 2.61. The van der Waals surface area contributed by atoms with Crippen molar-refractivity contribution in [3.05, 3.63) is 61.2 Å². The molecular formula is C37H52BrN3O7. The van der Waals surface area contributed by atoms with Crippen molar-refractivity contribution in [3.63, 3.8) is 0 Å². The SMILES string of the molecule is C=CCCC(=O)N[C@@H](C)[C@H](OC(=O)[C@@H]1[C@H]2O[C@@]3(CC2Br)[C@H](C(=O)N(CC=C)CCCCC)N([C@@H](CO)C(C)C)C(=O)[C@@H]13)c1ccccc1. The highest BCUT2D eigenvalue weighted by molar-refractivity contribution is 9.09. The van der Waals surface area contributed by atoms with Crippen LogP contribution in [0.4, 0.5) is 0 Å². The van der Waals surface area contributed by atoms with Crippen molar-refractivity contribution in [1.29, 1.82) is 0 Å². The van der Waals surface area contributed by atoms with Gasteiger partial charge in [0.2, 0.25) is 17.7 Å². The number of nitrogens with one attached hydrogen (secondary N) is 1. The zero-order valence-corrected chi connectivity index (χ0v) is 30.3. The van der Waals surface area contributed by atoms with Crippen molar-refractivity contribution in [2.24, 2.45) is 17.8 Å². The molecule has 1 spiro atoms. The minimum atomic E-state index is -1.30. The summed E-state index contributed by atoms with van der Waals surface area (Å²) in [5.74, 6) is -3.66. The Bertz CT molecular complexity index is 1330. The van der Waals surface area contributed by atoms with Crippen LogP contribution in [0, 0.1) is 17.8 Å². The fourth-order valence-corrected chi connectivity index (χ4v) is 8.65. The predicted molar refractivity (Wildman–Crippen MR) is 187 cm³/mol. The normalized spacial score (nSPS) is 27.7. The molecule has 1 unspecified atom stereocenters. The van der Waals surface area contributed by atoms with Gasteiger partial charge in [0, 0.05) is 24.3 Å². The number of aliphatic hydroxyl groups excluding tert-OH is 1. The number of carbonyl (C=O) groups is 4. The number of unbranched alkanes of at least 4 members (excludes halogenated alkanes) is 2. The van der Waals surface area contributed by atoms with Crippen molar-refractivity contribution < 1.29 is 33.8 Å². The van der Waals surface area contributed by atoms with E-state index in [9.17, 15) is 24.3 Å².